The molecular formula is C10H16N4S. The summed E-state index contributed by atoms with van der Waals surface area (Å²) < 4.78 is 1.86. The number of hydrogen-bond acceptors (Lipinski definition) is 3. The van der Waals surface area contributed by atoms with Crippen LogP contribution < -0.4 is 5.32 Å². The third-order valence-corrected chi connectivity index (χ3v) is 3.69. The van der Waals surface area contributed by atoms with Gasteiger partial charge in [-0.15, -0.1) is 0 Å². The van der Waals surface area contributed by atoms with Crippen LogP contribution in [0.2, 0.25) is 0 Å². The second kappa shape index (κ2) is 3.89. The van der Waals surface area contributed by atoms with Crippen molar-refractivity contribution in [1.29, 1.82) is 0 Å². The van der Waals surface area contributed by atoms with Crippen molar-refractivity contribution in [1.82, 2.24) is 15.1 Å². The maximum absolute atomic E-state index is 4.53. The van der Waals surface area contributed by atoms with Gasteiger partial charge < -0.3 is 5.32 Å². The molecule has 1 aliphatic heterocycles. The molecule has 2 rings (SSSR count). The third kappa shape index (κ3) is 2.53. The molecular weight excluding hydrogens is 208 g/mol. The fourth-order valence-corrected chi connectivity index (χ4v) is 2.48. The highest BCUT2D eigenvalue weighted by molar-refractivity contribution is 8.14. The Morgan fingerprint density at radius 1 is 1.67 bits per heavy atom. The molecule has 1 aliphatic rings. The lowest BCUT2D eigenvalue weighted by atomic mass is 10.1. The molecule has 0 radical (unpaired) electrons. The number of thioether (sulfide) groups is 1. The van der Waals surface area contributed by atoms with Crippen molar-refractivity contribution in [3.63, 3.8) is 0 Å². The van der Waals surface area contributed by atoms with Gasteiger partial charge in [0.05, 0.1) is 12.2 Å². The summed E-state index contributed by atoms with van der Waals surface area (Å²) in [6.45, 7) is 5.07. The minimum absolute atomic E-state index is 0.177. The standard InChI is InChI=1S/C10H16N4S/c1-10(2)7-15-9(13-10)11-6-8-4-5-12-14(8)3/h4-5H,6-7H2,1-3H3,(H,11,13). The highest BCUT2D eigenvalue weighted by Gasteiger charge is 2.27. The van der Waals surface area contributed by atoms with Crippen molar-refractivity contribution in [2.45, 2.75) is 25.9 Å². The predicted molar refractivity (Wildman–Crippen MR) is 64.0 cm³/mol. The lowest BCUT2D eigenvalue weighted by Gasteiger charge is -2.15. The van der Waals surface area contributed by atoms with Gasteiger partial charge >= 0.3 is 0 Å². The summed E-state index contributed by atoms with van der Waals surface area (Å²) in [4.78, 5) is 4.53. The first kappa shape index (κ1) is 10.5. The Morgan fingerprint density at radius 3 is 3.00 bits per heavy atom. The Labute approximate surface area is 94.2 Å². The molecule has 15 heavy (non-hydrogen) atoms. The van der Waals surface area contributed by atoms with E-state index in [0.29, 0.717) is 6.54 Å². The molecule has 0 aliphatic carbocycles. The van der Waals surface area contributed by atoms with Crippen LogP contribution >= 0.6 is 11.8 Å². The molecule has 0 saturated carbocycles. The van der Waals surface area contributed by atoms with E-state index in [2.05, 4.69) is 29.3 Å². The molecule has 1 saturated heterocycles. The molecule has 1 fully saturated rings. The van der Waals surface area contributed by atoms with E-state index >= 15 is 0 Å². The Hall–Kier alpha value is -0.970. The van der Waals surface area contributed by atoms with E-state index in [0.717, 1.165) is 16.6 Å². The average molecular weight is 224 g/mol. The van der Waals surface area contributed by atoms with Crippen LogP contribution in [0.3, 0.4) is 0 Å². The smallest absolute Gasteiger partial charge is 0.157 e. The van der Waals surface area contributed by atoms with E-state index < -0.39 is 0 Å². The quantitative estimate of drug-likeness (QED) is 0.825. The van der Waals surface area contributed by atoms with E-state index in [9.17, 15) is 0 Å². The number of aromatic nitrogens is 2. The number of nitrogens with one attached hydrogen (secondary N) is 1. The molecule has 1 N–H and O–H groups in total. The fraction of sp³-hybridized carbons (Fsp3) is 0.600. The third-order valence-electron chi connectivity index (χ3n) is 2.32. The van der Waals surface area contributed by atoms with Crippen molar-refractivity contribution in [3.8, 4) is 0 Å². The Morgan fingerprint density at radius 2 is 2.47 bits per heavy atom. The molecule has 1 aromatic rings. The number of aliphatic imine (C=N–C) groups is 1. The molecule has 0 aromatic carbocycles. The van der Waals surface area contributed by atoms with Gasteiger partial charge in [0.15, 0.2) is 5.17 Å². The van der Waals surface area contributed by atoms with Gasteiger partial charge in [-0.1, -0.05) is 11.8 Å². The van der Waals surface area contributed by atoms with E-state index in [1.807, 2.05) is 17.8 Å². The summed E-state index contributed by atoms with van der Waals surface area (Å²) in [7, 11) is 1.94. The molecule has 5 heteroatoms. The van der Waals surface area contributed by atoms with E-state index in [-0.39, 0.29) is 5.54 Å². The number of aryl methyl sites for hydroxylation is 1. The molecule has 0 bridgehead atoms. The van der Waals surface area contributed by atoms with Crippen LogP contribution in [-0.2, 0) is 13.6 Å². The summed E-state index contributed by atoms with van der Waals surface area (Å²) in [5, 5.41) is 8.55. The first-order valence-electron chi connectivity index (χ1n) is 4.99. The predicted octanol–water partition coefficient (Wildman–Crippen LogP) is 1.39. The zero-order chi connectivity index (χ0) is 10.9. The number of nitrogens with zero attached hydrogens (tertiary/aromatic N) is 3. The number of hydrogen-bond donors (Lipinski definition) is 1. The molecule has 0 unspecified atom stereocenters. The van der Waals surface area contributed by atoms with Crippen LogP contribution in [-0.4, -0.2) is 26.2 Å². The Kier molecular flexibility index (Phi) is 2.73. The van der Waals surface area contributed by atoms with Gasteiger partial charge in [0.1, 0.15) is 0 Å². The van der Waals surface area contributed by atoms with Crippen LogP contribution in [0, 0.1) is 0 Å². The zero-order valence-corrected chi connectivity index (χ0v) is 10.1. The minimum Gasteiger partial charge on any atom is -0.359 e. The van der Waals surface area contributed by atoms with E-state index in [1.165, 1.54) is 0 Å². The van der Waals surface area contributed by atoms with Crippen molar-refractivity contribution >= 4 is 16.9 Å². The Bertz CT molecular complexity index is 381. The van der Waals surface area contributed by atoms with Gasteiger partial charge in [-0.25, -0.2) is 0 Å². The first-order chi connectivity index (χ1) is 7.07. The molecule has 0 atom stereocenters. The van der Waals surface area contributed by atoms with Gasteiger partial charge in [-0.3, -0.25) is 9.67 Å². The van der Waals surface area contributed by atoms with Crippen molar-refractivity contribution in [2.75, 3.05) is 5.75 Å². The monoisotopic (exact) mass is 224 g/mol. The van der Waals surface area contributed by atoms with Crippen LogP contribution in [0.25, 0.3) is 0 Å². The maximum Gasteiger partial charge on any atom is 0.157 e. The van der Waals surface area contributed by atoms with Gasteiger partial charge in [0, 0.05) is 24.5 Å². The highest BCUT2D eigenvalue weighted by Crippen LogP contribution is 2.22. The molecule has 4 nitrogen and oxygen atoms in total. The number of rotatable bonds is 2. The maximum atomic E-state index is 4.53. The van der Waals surface area contributed by atoms with E-state index in [1.54, 1.807) is 18.0 Å². The van der Waals surface area contributed by atoms with Crippen LogP contribution in [0.4, 0.5) is 0 Å². The molecule has 0 spiro atoms. The van der Waals surface area contributed by atoms with E-state index in [4.69, 9.17) is 0 Å². The SMILES string of the molecule is Cn1nccc1CN=C1NC(C)(C)CS1. The van der Waals surface area contributed by atoms with Crippen LogP contribution in [0.1, 0.15) is 19.5 Å². The zero-order valence-electron chi connectivity index (χ0n) is 9.32. The molecule has 82 valence electrons. The van der Waals surface area contributed by atoms with Crippen molar-refractivity contribution in [3.05, 3.63) is 18.0 Å². The highest BCUT2D eigenvalue weighted by atomic mass is 32.2. The first-order valence-corrected chi connectivity index (χ1v) is 5.98. The summed E-state index contributed by atoms with van der Waals surface area (Å²) in [5.41, 5.74) is 1.31. The average Bonchev–Trinajstić information content (AvgIpc) is 2.69. The minimum atomic E-state index is 0.177. The summed E-state index contributed by atoms with van der Waals surface area (Å²) in [6.07, 6.45) is 1.80. The lowest BCUT2D eigenvalue weighted by Crippen LogP contribution is -2.36. The number of amidine groups is 1. The fourth-order valence-electron chi connectivity index (χ4n) is 1.40. The molecule has 1 aromatic heterocycles. The van der Waals surface area contributed by atoms with Crippen molar-refractivity contribution < 1.29 is 0 Å². The van der Waals surface area contributed by atoms with Crippen LogP contribution in [0.15, 0.2) is 17.3 Å². The van der Waals surface area contributed by atoms with Gasteiger partial charge in [0.2, 0.25) is 0 Å². The summed E-state index contributed by atoms with van der Waals surface area (Å²) in [6, 6.07) is 1.99. The summed E-state index contributed by atoms with van der Waals surface area (Å²) >= 11 is 1.79. The Balaban J connectivity index is 1.99. The largest absolute Gasteiger partial charge is 0.359 e. The molecule has 2 heterocycles. The van der Waals surface area contributed by atoms with Crippen LogP contribution in [0.5, 0.6) is 0 Å². The normalized spacial score (nSPS) is 21.9. The van der Waals surface area contributed by atoms with Crippen molar-refractivity contribution in [2.24, 2.45) is 12.0 Å². The van der Waals surface area contributed by atoms with Gasteiger partial charge in [-0.05, 0) is 19.9 Å². The summed E-state index contributed by atoms with van der Waals surface area (Å²) in [5.74, 6) is 1.08. The molecule has 0 amide bonds. The topological polar surface area (TPSA) is 42.2 Å². The lowest BCUT2D eigenvalue weighted by molar-refractivity contribution is 0.536. The second-order valence-corrected chi connectivity index (χ2v) is 5.33. The second-order valence-electron chi connectivity index (χ2n) is 4.37. The van der Waals surface area contributed by atoms with Gasteiger partial charge in [0.25, 0.3) is 0 Å². The van der Waals surface area contributed by atoms with Gasteiger partial charge in [-0.2, -0.15) is 5.10 Å².